The first-order chi connectivity index (χ1) is 13.8. The zero-order valence-electron chi connectivity index (χ0n) is 16.4. The second-order valence-electron chi connectivity index (χ2n) is 7.13. The molecule has 0 amide bonds. The van der Waals surface area contributed by atoms with Crippen LogP contribution >= 0.6 is 0 Å². The van der Waals surface area contributed by atoms with E-state index < -0.39 is 9.84 Å². The van der Waals surface area contributed by atoms with Gasteiger partial charge in [-0.05, 0) is 45.0 Å². The highest BCUT2D eigenvalue weighted by Crippen LogP contribution is 2.37. The molecule has 2 aromatic carbocycles. The molecule has 0 spiro atoms. The average Bonchev–Trinajstić information content (AvgIpc) is 3.11. The van der Waals surface area contributed by atoms with E-state index in [2.05, 4.69) is 10.3 Å². The molecule has 7 nitrogen and oxygen atoms in total. The summed E-state index contributed by atoms with van der Waals surface area (Å²) < 4.78 is 43.6. The lowest BCUT2D eigenvalue weighted by atomic mass is 10.1. The van der Waals surface area contributed by atoms with E-state index in [0.717, 1.165) is 5.56 Å². The molecule has 0 saturated heterocycles. The molecule has 1 aliphatic rings. The summed E-state index contributed by atoms with van der Waals surface area (Å²) in [5.41, 5.74) is 1.73. The SMILES string of the molecule is Cc1cccc(-c2nc(S(=O)(=O)c3ccc4c(c3)OCCO4)c(NC(C)C)o2)c1. The van der Waals surface area contributed by atoms with Crippen LogP contribution in [0, 0.1) is 6.92 Å². The van der Waals surface area contributed by atoms with E-state index in [1.807, 2.05) is 45.0 Å². The van der Waals surface area contributed by atoms with E-state index in [0.29, 0.717) is 30.3 Å². The number of ether oxygens (including phenoxy) is 2. The molecule has 0 unspecified atom stereocenters. The van der Waals surface area contributed by atoms with Crippen LogP contribution in [0.5, 0.6) is 11.5 Å². The Balaban J connectivity index is 1.81. The number of rotatable bonds is 5. The molecule has 1 aromatic heterocycles. The molecule has 4 rings (SSSR count). The van der Waals surface area contributed by atoms with Crippen LogP contribution in [0.1, 0.15) is 19.4 Å². The van der Waals surface area contributed by atoms with Gasteiger partial charge in [-0.1, -0.05) is 17.7 Å². The molecule has 1 N–H and O–H groups in total. The molecule has 0 aliphatic carbocycles. The maximum atomic E-state index is 13.4. The summed E-state index contributed by atoms with van der Waals surface area (Å²) in [6.45, 7) is 6.56. The van der Waals surface area contributed by atoms with Gasteiger partial charge in [0, 0.05) is 17.7 Å². The number of sulfone groups is 1. The summed E-state index contributed by atoms with van der Waals surface area (Å²) in [5, 5.41) is 2.90. The zero-order chi connectivity index (χ0) is 20.6. The van der Waals surface area contributed by atoms with E-state index in [9.17, 15) is 8.42 Å². The average molecular weight is 414 g/mol. The number of aryl methyl sites for hydroxylation is 1. The van der Waals surface area contributed by atoms with Crippen LogP contribution in [0.4, 0.5) is 5.88 Å². The summed E-state index contributed by atoms with van der Waals surface area (Å²) in [4.78, 5) is 4.41. The van der Waals surface area contributed by atoms with E-state index >= 15 is 0 Å². The molecule has 0 saturated carbocycles. The van der Waals surface area contributed by atoms with E-state index in [1.54, 1.807) is 6.07 Å². The van der Waals surface area contributed by atoms with Crippen LogP contribution in [0.2, 0.25) is 0 Å². The Morgan fingerprint density at radius 3 is 2.52 bits per heavy atom. The molecular weight excluding hydrogens is 392 g/mol. The van der Waals surface area contributed by atoms with Crippen molar-refractivity contribution in [1.82, 2.24) is 4.98 Å². The Morgan fingerprint density at radius 1 is 1.03 bits per heavy atom. The second kappa shape index (κ2) is 7.44. The van der Waals surface area contributed by atoms with Gasteiger partial charge in [0.2, 0.25) is 26.6 Å². The summed E-state index contributed by atoms with van der Waals surface area (Å²) in [5.74, 6) is 1.29. The third-order valence-corrected chi connectivity index (χ3v) is 6.02. The highest BCUT2D eigenvalue weighted by Gasteiger charge is 2.30. The van der Waals surface area contributed by atoms with Gasteiger partial charge in [-0.3, -0.25) is 0 Å². The van der Waals surface area contributed by atoms with Crippen LogP contribution < -0.4 is 14.8 Å². The predicted octanol–water partition coefficient (Wildman–Crippen LogP) is 4.07. The third kappa shape index (κ3) is 3.80. The lowest BCUT2D eigenvalue weighted by Crippen LogP contribution is -2.16. The zero-order valence-corrected chi connectivity index (χ0v) is 17.2. The van der Waals surface area contributed by atoms with Crippen molar-refractivity contribution in [2.45, 2.75) is 36.7 Å². The minimum absolute atomic E-state index is 0.0393. The number of aromatic nitrogens is 1. The van der Waals surface area contributed by atoms with Crippen molar-refractivity contribution < 1.29 is 22.3 Å². The van der Waals surface area contributed by atoms with Gasteiger partial charge in [-0.2, -0.15) is 4.98 Å². The molecular formula is C21H22N2O5S. The Kier molecular flexibility index (Phi) is 4.96. The highest BCUT2D eigenvalue weighted by molar-refractivity contribution is 7.91. The molecule has 0 radical (unpaired) electrons. The molecule has 1 aliphatic heterocycles. The Labute approximate surface area is 169 Å². The van der Waals surface area contributed by atoms with Gasteiger partial charge in [0.05, 0.1) is 4.90 Å². The van der Waals surface area contributed by atoms with Crippen LogP contribution in [0.25, 0.3) is 11.5 Å². The van der Waals surface area contributed by atoms with Crippen LogP contribution in [0.15, 0.2) is 56.8 Å². The van der Waals surface area contributed by atoms with Crippen LogP contribution in [0.3, 0.4) is 0 Å². The third-order valence-electron chi connectivity index (χ3n) is 4.36. The lowest BCUT2D eigenvalue weighted by molar-refractivity contribution is 0.171. The van der Waals surface area contributed by atoms with Crippen molar-refractivity contribution in [3.8, 4) is 23.0 Å². The molecule has 0 bridgehead atoms. The van der Waals surface area contributed by atoms with Crippen LogP contribution in [-0.2, 0) is 9.84 Å². The quantitative estimate of drug-likeness (QED) is 0.673. The molecule has 152 valence electrons. The summed E-state index contributed by atoms with van der Waals surface area (Å²) >= 11 is 0. The number of nitrogens with one attached hydrogen (secondary N) is 1. The summed E-state index contributed by atoms with van der Waals surface area (Å²) in [6, 6.07) is 12.1. The second-order valence-corrected chi connectivity index (χ2v) is 9.00. The van der Waals surface area contributed by atoms with Crippen molar-refractivity contribution in [1.29, 1.82) is 0 Å². The van der Waals surface area contributed by atoms with Crippen molar-refractivity contribution in [3.63, 3.8) is 0 Å². The molecule has 2 heterocycles. The molecule has 3 aromatic rings. The van der Waals surface area contributed by atoms with Gasteiger partial charge in [-0.25, -0.2) is 8.42 Å². The first-order valence-electron chi connectivity index (χ1n) is 9.34. The molecule has 0 atom stereocenters. The first-order valence-corrected chi connectivity index (χ1v) is 10.8. The van der Waals surface area contributed by atoms with Gasteiger partial charge in [-0.15, -0.1) is 0 Å². The first kappa shape index (κ1) is 19.3. The number of hydrogen-bond acceptors (Lipinski definition) is 7. The monoisotopic (exact) mass is 414 g/mol. The molecule has 29 heavy (non-hydrogen) atoms. The summed E-state index contributed by atoms with van der Waals surface area (Å²) in [7, 11) is -3.95. The Morgan fingerprint density at radius 2 is 1.79 bits per heavy atom. The normalized spacial score (nSPS) is 13.5. The Bertz CT molecular complexity index is 1150. The minimum Gasteiger partial charge on any atom is -0.486 e. The van der Waals surface area contributed by atoms with Crippen molar-refractivity contribution in [2.75, 3.05) is 18.5 Å². The predicted molar refractivity (Wildman–Crippen MR) is 108 cm³/mol. The van der Waals surface area contributed by atoms with Crippen molar-refractivity contribution in [2.24, 2.45) is 0 Å². The van der Waals surface area contributed by atoms with E-state index in [4.69, 9.17) is 13.9 Å². The largest absolute Gasteiger partial charge is 0.486 e. The van der Waals surface area contributed by atoms with Crippen molar-refractivity contribution >= 4 is 15.7 Å². The van der Waals surface area contributed by atoms with Gasteiger partial charge in [0.1, 0.15) is 13.2 Å². The summed E-state index contributed by atoms with van der Waals surface area (Å²) in [6.07, 6.45) is 0. The topological polar surface area (TPSA) is 90.7 Å². The van der Waals surface area contributed by atoms with Gasteiger partial charge in [0.25, 0.3) is 0 Å². The lowest BCUT2D eigenvalue weighted by Gasteiger charge is -2.18. The highest BCUT2D eigenvalue weighted by atomic mass is 32.2. The smallest absolute Gasteiger partial charge is 0.234 e. The number of benzene rings is 2. The number of nitrogens with zero attached hydrogens (tertiary/aromatic N) is 1. The standard InChI is InChI=1S/C21H22N2O5S/c1-13(2)22-20-21(23-19(28-20)15-6-4-5-14(3)11-15)29(24,25)16-7-8-17-18(12-16)27-10-9-26-17/h4-8,11-13,22H,9-10H2,1-3H3. The van der Waals surface area contributed by atoms with Gasteiger partial charge in [0.15, 0.2) is 11.5 Å². The van der Waals surface area contributed by atoms with E-state index in [-0.39, 0.29) is 27.7 Å². The fourth-order valence-corrected chi connectivity index (χ4v) is 4.33. The number of fused-ring (bicyclic) bond motifs is 1. The van der Waals surface area contributed by atoms with Crippen molar-refractivity contribution in [3.05, 3.63) is 48.0 Å². The Hall–Kier alpha value is -3.00. The van der Waals surface area contributed by atoms with E-state index in [1.165, 1.54) is 12.1 Å². The number of hydrogen-bond donors (Lipinski definition) is 1. The maximum Gasteiger partial charge on any atom is 0.234 e. The van der Waals surface area contributed by atoms with Gasteiger partial charge < -0.3 is 19.2 Å². The minimum atomic E-state index is -3.95. The van der Waals surface area contributed by atoms with Crippen LogP contribution in [-0.4, -0.2) is 32.7 Å². The fraction of sp³-hybridized carbons (Fsp3) is 0.286. The number of anilines is 1. The number of oxazole rings is 1. The maximum absolute atomic E-state index is 13.4. The molecule has 0 fully saturated rings. The fourth-order valence-electron chi connectivity index (χ4n) is 3.05. The van der Waals surface area contributed by atoms with Gasteiger partial charge >= 0.3 is 0 Å². The molecule has 8 heteroatoms.